The van der Waals surface area contributed by atoms with Crippen LogP contribution in [0.25, 0.3) is 0 Å². The van der Waals surface area contributed by atoms with Gasteiger partial charge in [-0.3, -0.25) is 9.59 Å². The molecular weight excluding hydrogens is 340 g/mol. The normalized spacial score (nSPS) is 15.1. The zero-order valence-electron chi connectivity index (χ0n) is 15.0. The maximum absolute atomic E-state index is 12.1. The van der Waals surface area contributed by atoms with Crippen LogP contribution in [0.15, 0.2) is 18.2 Å². The van der Waals surface area contributed by atoms with Gasteiger partial charge in [-0.1, -0.05) is 17.7 Å². The largest absolute Gasteiger partial charge is 0.484 e. The number of amides is 2. The minimum Gasteiger partial charge on any atom is -0.484 e. The molecule has 1 saturated heterocycles. The SMILES string of the molecule is Cc1ccc(OCC(=O)NC2CCN(C(=O)CCCCl)CC2)c(C)c1. The fourth-order valence-corrected chi connectivity index (χ4v) is 3.16. The van der Waals surface area contributed by atoms with Crippen LogP contribution in [0.4, 0.5) is 0 Å². The number of benzene rings is 1. The minimum absolute atomic E-state index is 0.0127. The summed E-state index contributed by atoms with van der Waals surface area (Å²) in [6.07, 6.45) is 2.78. The summed E-state index contributed by atoms with van der Waals surface area (Å²) < 4.78 is 5.61. The van der Waals surface area contributed by atoms with Gasteiger partial charge in [-0.15, -0.1) is 11.6 Å². The number of rotatable bonds is 7. The Morgan fingerprint density at radius 1 is 1.28 bits per heavy atom. The molecule has 0 bridgehead atoms. The Labute approximate surface area is 154 Å². The number of nitrogens with zero attached hydrogens (tertiary/aromatic N) is 1. The minimum atomic E-state index is -0.119. The van der Waals surface area contributed by atoms with E-state index in [0.29, 0.717) is 31.8 Å². The van der Waals surface area contributed by atoms with Crippen LogP contribution in [0.2, 0.25) is 0 Å². The van der Waals surface area contributed by atoms with Gasteiger partial charge in [-0.25, -0.2) is 0 Å². The molecular formula is C19H27ClN2O3. The summed E-state index contributed by atoms with van der Waals surface area (Å²) in [5, 5.41) is 3.00. The number of carbonyl (C=O) groups is 2. The molecule has 0 aliphatic carbocycles. The lowest BCUT2D eigenvalue weighted by molar-refractivity contribution is -0.132. The summed E-state index contributed by atoms with van der Waals surface area (Å²) in [5.41, 5.74) is 2.19. The third-order valence-electron chi connectivity index (χ3n) is 4.43. The highest BCUT2D eigenvalue weighted by Gasteiger charge is 2.23. The average molecular weight is 367 g/mol. The molecule has 0 spiro atoms. The summed E-state index contributed by atoms with van der Waals surface area (Å²) in [5.74, 6) is 1.29. The highest BCUT2D eigenvalue weighted by atomic mass is 35.5. The van der Waals surface area contributed by atoms with Crippen molar-refractivity contribution < 1.29 is 14.3 Å². The molecule has 1 aliphatic rings. The number of hydrogen-bond donors (Lipinski definition) is 1. The van der Waals surface area contributed by atoms with E-state index in [1.165, 1.54) is 5.56 Å². The number of carbonyl (C=O) groups excluding carboxylic acids is 2. The van der Waals surface area contributed by atoms with E-state index < -0.39 is 0 Å². The highest BCUT2D eigenvalue weighted by Crippen LogP contribution is 2.18. The van der Waals surface area contributed by atoms with E-state index in [1.807, 2.05) is 36.9 Å². The van der Waals surface area contributed by atoms with E-state index in [-0.39, 0.29) is 24.5 Å². The standard InChI is InChI=1S/C19H27ClN2O3/c1-14-5-6-17(15(2)12-14)25-13-18(23)21-16-7-10-22(11-8-16)19(24)4-3-9-20/h5-6,12,16H,3-4,7-11,13H2,1-2H3,(H,21,23). The molecule has 0 atom stereocenters. The van der Waals surface area contributed by atoms with E-state index in [0.717, 1.165) is 24.2 Å². The number of nitrogens with one attached hydrogen (secondary N) is 1. The lowest BCUT2D eigenvalue weighted by Crippen LogP contribution is -2.47. The van der Waals surface area contributed by atoms with Gasteiger partial charge >= 0.3 is 0 Å². The summed E-state index contributed by atoms with van der Waals surface area (Å²) in [7, 11) is 0. The Balaban J connectivity index is 1.70. The van der Waals surface area contributed by atoms with E-state index in [2.05, 4.69) is 5.32 Å². The van der Waals surface area contributed by atoms with E-state index in [9.17, 15) is 9.59 Å². The van der Waals surface area contributed by atoms with Crippen molar-refractivity contribution in [2.45, 2.75) is 45.6 Å². The molecule has 0 aromatic heterocycles. The number of aryl methyl sites for hydroxylation is 2. The molecule has 0 radical (unpaired) electrons. The molecule has 1 fully saturated rings. The second-order valence-electron chi connectivity index (χ2n) is 6.57. The van der Waals surface area contributed by atoms with Crippen molar-refractivity contribution in [2.75, 3.05) is 25.6 Å². The van der Waals surface area contributed by atoms with E-state index in [1.54, 1.807) is 0 Å². The monoisotopic (exact) mass is 366 g/mol. The second kappa shape index (κ2) is 9.66. The zero-order chi connectivity index (χ0) is 18.2. The Morgan fingerprint density at radius 2 is 2.00 bits per heavy atom. The van der Waals surface area contributed by atoms with Gasteiger partial charge in [0.25, 0.3) is 5.91 Å². The second-order valence-corrected chi connectivity index (χ2v) is 6.95. The van der Waals surface area contributed by atoms with Crippen LogP contribution in [0.5, 0.6) is 5.75 Å². The Morgan fingerprint density at radius 3 is 2.64 bits per heavy atom. The Hall–Kier alpha value is -1.75. The van der Waals surface area contributed by atoms with Crippen molar-refractivity contribution in [3.63, 3.8) is 0 Å². The molecule has 2 rings (SSSR count). The van der Waals surface area contributed by atoms with Gasteiger partial charge in [0.05, 0.1) is 0 Å². The van der Waals surface area contributed by atoms with Crippen LogP contribution in [0.3, 0.4) is 0 Å². The first-order valence-corrected chi connectivity index (χ1v) is 9.36. The lowest BCUT2D eigenvalue weighted by Gasteiger charge is -2.32. The fraction of sp³-hybridized carbons (Fsp3) is 0.579. The lowest BCUT2D eigenvalue weighted by atomic mass is 10.0. The van der Waals surface area contributed by atoms with Crippen molar-refractivity contribution in [1.82, 2.24) is 10.2 Å². The predicted molar refractivity (Wildman–Crippen MR) is 99.1 cm³/mol. The highest BCUT2D eigenvalue weighted by molar-refractivity contribution is 6.17. The van der Waals surface area contributed by atoms with Crippen LogP contribution in [-0.2, 0) is 9.59 Å². The number of hydrogen-bond acceptors (Lipinski definition) is 3. The quantitative estimate of drug-likeness (QED) is 0.755. The Bertz CT molecular complexity index is 598. The summed E-state index contributed by atoms with van der Waals surface area (Å²) >= 11 is 5.63. The molecule has 5 nitrogen and oxygen atoms in total. The van der Waals surface area contributed by atoms with Crippen molar-refractivity contribution >= 4 is 23.4 Å². The number of likely N-dealkylation sites (tertiary alicyclic amines) is 1. The molecule has 1 aliphatic heterocycles. The third kappa shape index (κ3) is 6.24. The number of halogens is 1. The molecule has 1 aromatic carbocycles. The first-order chi connectivity index (χ1) is 12.0. The van der Waals surface area contributed by atoms with Gasteiger partial charge in [0, 0.05) is 31.4 Å². The van der Waals surface area contributed by atoms with E-state index >= 15 is 0 Å². The molecule has 0 saturated carbocycles. The van der Waals surface area contributed by atoms with Crippen molar-refractivity contribution in [3.8, 4) is 5.75 Å². The molecule has 25 heavy (non-hydrogen) atoms. The molecule has 1 N–H and O–H groups in total. The predicted octanol–water partition coefficient (Wildman–Crippen LogP) is 2.81. The van der Waals surface area contributed by atoms with Crippen LogP contribution in [0, 0.1) is 13.8 Å². The average Bonchev–Trinajstić information content (AvgIpc) is 2.59. The van der Waals surface area contributed by atoms with Crippen molar-refractivity contribution in [3.05, 3.63) is 29.3 Å². The molecule has 6 heteroatoms. The molecule has 1 heterocycles. The Kier molecular flexibility index (Phi) is 7.56. The van der Waals surface area contributed by atoms with Crippen LogP contribution >= 0.6 is 11.6 Å². The summed E-state index contributed by atoms with van der Waals surface area (Å²) in [6, 6.07) is 6.00. The van der Waals surface area contributed by atoms with Gasteiger partial charge in [0.2, 0.25) is 5.91 Å². The van der Waals surface area contributed by atoms with Crippen LogP contribution in [-0.4, -0.2) is 48.3 Å². The molecule has 2 amide bonds. The summed E-state index contributed by atoms with van der Waals surface area (Å²) in [6.45, 7) is 5.38. The van der Waals surface area contributed by atoms with Gasteiger partial charge in [-0.2, -0.15) is 0 Å². The number of alkyl halides is 1. The molecule has 138 valence electrons. The molecule has 1 aromatic rings. The van der Waals surface area contributed by atoms with Gasteiger partial charge in [0.1, 0.15) is 5.75 Å². The zero-order valence-corrected chi connectivity index (χ0v) is 15.8. The third-order valence-corrected chi connectivity index (χ3v) is 4.69. The van der Waals surface area contributed by atoms with Crippen LogP contribution in [0.1, 0.15) is 36.8 Å². The number of ether oxygens (including phenoxy) is 1. The maximum Gasteiger partial charge on any atom is 0.258 e. The number of piperidine rings is 1. The topological polar surface area (TPSA) is 58.6 Å². The van der Waals surface area contributed by atoms with Gasteiger partial charge < -0.3 is 15.0 Å². The van der Waals surface area contributed by atoms with Crippen molar-refractivity contribution in [2.24, 2.45) is 0 Å². The first-order valence-electron chi connectivity index (χ1n) is 8.82. The fourth-order valence-electron chi connectivity index (χ4n) is 3.02. The van der Waals surface area contributed by atoms with Crippen molar-refractivity contribution in [1.29, 1.82) is 0 Å². The smallest absolute Gasteiger partial charge is 0.258 e. The van der Waals surface area contributed by atoms with Crippen LogP contribution < -0.4 is 10.1 Å². The van der Waals surface area contributed by atoms with Gasteiger partial charge in [0.15, 0.2) is 6.61 Å². The van der Waals surface area contributed by atoms with Gasteiger partial charge in [-0.05, 0) is 44.7 Å². The first kappa shape index (κ1) is 19.6. The summed E-state index contributed by atoms with van der Waals surface area (Å²) in [4.78, 5) is 25.9. The van der Waals surface area contributed by atoms with E-state index in [4.69, 9.17) is 16.3 Å². The molecule has 0 unspecified atom stereocenters. The maximum atomic E-state index is 12.1.